The highest BCUT2D eigenvalue weighted by Crippen LogP contribution is 2.31. The summed E-state index contributed by atoms with van der Waals surface area (Å²) in [5.74, 6) is 0.378. The molecule has 0 saturated carbocycles. The van der Waals surface area contributed by atoms with Gasteiger partial charge in [-0.1, -0.05) is 0 Å². The molecule has 3 heterocycles. The van der Waals surface area contributed by atoms with E-state index in [0.717, 1.165) is 0 Å². The number of nitrogens with one attached hydrogen (secondary N) is 1. The van der Waals surface area contributed by atoms with Crippen molar-refractivity contribution < 1.29 is 18.7 Å². The maximum absolute atomic E-state index is 14.3. The maximum atomic E-state index is 14.3. The lowest BCUT2D eigenvalue weighted by atomic mass is 10.1. The molecule has 1 aliphatic rings. The largest absolute Gasteiger partial charge is 0.488 e. The van der Waals surface area contributed by atoms with Crippen molar-refractivity contribution in [3.05, 3.63) is 30.3 Å². The Balaban J connectivity index is 1.60. The Labute approximate surface area is 179 Å². The number of H-pyrrole nitrogens is 1. The minimum absolute atomic E-state index is 0.0274. The summed E-state index contributed by atoms with van der Waals surface area (Å²) < 4.78 is 24.9. The topological polar surface area (TPSA) is 96.5 Å². The van der Waals surface area contributed by atoms with Gasteiger partial charge in [-0.05, 0) is 19.9 Å². The molecule has 10 heteroatoms. The molecule has 0 radical (unpaired) electrons. The monoisotopic (exact) mass is 428 g/mol. The average molecular weight is 428 g/mol. The minimum Gasteiger partial charge on any atom is -0.488 e. The first-order valence-electron chi connectivity index (χ1n) is 10.1. The summed E-state index contributed by atoms with van der Waals surface area (Å²) in [7, 11) is 1.62. The summed E-state index contributed by atoms with van der Waals surface area (Å²) in [4.78, 5) is 24.8. The number of fused-ring (bicyclic) bond motifs is 1. The van der Waals surface area contributed by atoms with E-state index in [-0.39, 0.29) is 24.3 Å². The van der Waals surface area contributed by atoms with E-state index in [1.165, 1.54) is 12.4 Å². The Morgan fingerprint density at radius 1 is 1.23 bits per heavy atom. The molecule has 1 N–H and O–H groups in total. The molecule has 0 unspecified atom stereocenters. The third kappa shape index (κ3) is 4.43. The number of rotatable bonds is 7. The van der Waals surface area contributed by atoms with Gasteiger partial charge in [-0.15, -0.1) is 0 Å². The molecule has 2 aromatic heterocycles. The number of hydrogen-bond acceptors (Lipinski definition) is 7. The highest BCUT2D eigenvalue weighted by Gasteiger charge is 2.25. The predicted octanol–water partition coefficient (Wildman–Crippen LogP) is 2.24. The normalized spacial score (nSPS) is 14.7. The summed E-state index contributed by atoms with van der Waals surface area (Å²) in [6, 6.07) is 4.78. The van der Waals surface area contributed by atoms with Crippen molar-refractivity contribution in [2.45, 2.75) is 20.0 Å². The first-order chi connectivity index (χ1) is 15.0. The van der Waals surface area contributed by atoms with Gasteiger partial charge in [-0.3, -0.25) is 9.89 Å². The van der Waals surface area contributed by atoms with Crippen LogP contribution in [0.2, 0.25) is 0 Å². The molecule has 164 valence electrons. The number of amides is 1. The lowest BCUT2D eigenvalue weighted by Crippen LogP contribution is -2.51. The van der Waals surface area contributed by atoms with Crippen LogP contribution in [0.25, 0.3) is 22.3 Å². The Morgan fingerprint density at radius 2 is 2.06 bits per heavy atom. The van der Waals surface area contributed by atoms with Gasteiger partial charge in [0.05, 0.1) is 30.5 Å². The van der Waals surface area contributed by atoms with Gasteiger partial charge in [0, 0.05) is 44.3 Å². The van der Waals surface area contributed by atoms with E-state index in [1.54, 1.807) is 24.1 Å². The van der Waals surface area contributed by atoms with E-state index in [1.807, 2.05) is 18.7 Å². The summed E-state index contributed by atoms with van der Waals surface area (Å²) in [6.07, 6.45) is 1.29. The first-order valence-corrected chi connectivity index (χ1v) is 10.1. The number of benzene rings is 1. The smallest absolute Gasteiger partial charge is 0.242 e. The summed E-state index contributed by atoms with van der Waals surface area (Å²) in [5.41, 5.74) is 1.69. The van der Waals surface area contributed by atoms with Crippen LogP contribution in [0.15, 0.2) is 24.5 Å². The van der Waals surface area contributed by atoms with E-state index in [4.69, 9.17) is 9.47 Å². The predicted molar refractivity (Wildman–Crippen MR) is 114 cm³/mol. The van der Waals surface area contributed by atoms with Crippen LogP contribution in [-0.4, -0.2) is 77.0 Å². The van der Waals surface area contributed by atoms with Crippen LogP contribution in [0.3, 0.4) is 0 Å². The molecule has 1 fully saturated rings. The van der Waals surface area contributed by atoms with Crippen molar-refractivity contribution >= 4 is 22.6 Å². The summed E-state index contributed by atoms with van der Waals surface area (Å²) >= 11 is 0. The highest BCUT2D eigenvalue weighted by molar-refractivity contribution is 5.93. The van der Waals surface area contributed by atoms with Gasteiger partial charge in [0.2, 0.25) is 5.91 Å². The van der Waals surface area contributed by atoms with Gasteiger partial charge in [-0.25, -0.2) is 14.4 Å². The fourth-order valence-corrected chi connectivity index (χ4v) is 3.55. The Kier molecular flexibility index (Phi) is 5.99. The fourth-order valence-electron chi connectivity index (χ4n) is 3.55. The third-order valence-electron chi connectivity index (χ3n) is 5.08. The second kappa shape index (κ2) is 8.84. The van der Waals surface area contributed by atoms with Crippen molar-refractivity contribution in [2.24, 2.45) is 0 Å². The van der Waals surface area contributed by atoms with E-state index < -0.39 is 5.82 Å². The van der Waals surface area contributed by atoms with Gasteiger partial charge < -0.3 is 19.3 Å². The quantitative estimate of drug-likeness (QED) is 0.616. The van der Waals surface area contributed by atoms with Crippen LogP contribution in [0.4, 0.5) is 10.2 Å². The Morgan fingerprint density at radius 3 is 2.81 bits per heavy atom. The number of methoxy groups -OCH3 is 1. The molecular formula is C21H25FN6O3. The number of anilines is 1. The molecule has 0 aliphatic carbocycles. The molecule has 1 aromatic carbocycles. The van der Waals surface area contributed by atoms with Crippen molar-refractivity contribution in [2.75, 3.05) is 44.8 Å². The van der Waals surface area contributed by atoms with Crippen LogP contribution in [-0.2, 0) is 9.53 Å². The van der Waals surface area contributed by atoms with Gasteiger partial charge in [-0.2, -0.15) is 5.10 Å². The molecule has 0 bridgehead atoms. The van der Waals surface area contributed by atoms with Crippen LogP contribution in [0, 0.1) is 5.82 Å². The number of aromatic amines is 1. The van der Waals surface area contributed by atoms with E-state index in [2.05, 4.69) is 20.2 Å². The summed E-state index contributed by atoms with van der Waals surface area (Å²) in [6.45, 7) is 6.26. The second-order valence-electron chi connectivity index (χ2n) is 7.62. The van der Waals surface area contributed by atoms with Gasteiger partial charge in [0.15, 0.2) is 11.6 Å². The van der Waals surface area contributed by atoms with Gasteiger partial charge in [0.25, 0.3) is 0 Å². The molecular weight excluding hydrogens is 403 g/mol. The van der Waals surface area contributed by atoms with Gasteiger partial charge in [0.1, 0.15) is 17.8 Å². The van der Waals surface area contributed by atoms with E-state index >= 15 is 0 Å². The number of hydrogen-bond donors (Lipinski definition) is 1. The van der Waals surface area contributed by atoms with Crippen molar-refractivity contribution in [1.29, 1.82) is 0 Å². The number of nitrogens with zero attached hydrogens (tertiary/aromatic N) is 5. The van der Waals surface area contributed by atoms with Crippen molar-refractivity contribution in [3.63, 3.8) is 0 Å². The zero-order valence-electron chi connectivity index (χ0n) is 17.8. The zero-order chi connectivity index (χ0) is 22.0. The maximum Gasteiger partial charge on any atom is 0.242 e. The number of ether oxygens (including phenoxy) is 2. The minimum atomic E-state index is -0.454. The Hall–Kier alpha value is -3.27. The lowest BCUT2D eigenvalue weighted by Gasteiger charge is -2.34. The standard InChI is InChI=1S/C21H25FN6O3/c1-13(2)31-18-8-14-16(9-15(18)22)25-26-21(14)17-10-19(24-12-23-17)28-5-4-27(6-7-30-3)20(29)11-28/h8-10,12-13H,4-7,11H2,1-3H3,(H,25,26). The van der Waals surface area contributed by atoms with E-state index in [0.29, 0.717) is 54.3 Å². The highest BCUT2D eigenvalue weighted by atomic mass is 19.1. The molecule has 0 atom stereocenters. The molecule has 1 aliphatic heterocycles. The molecule has 9 nitrogen and oxygen atoms in total. The van der Waals surface area contributed by atoms with Crippen molar-refractivity contribution in [1.82, 2.24) is 25.1 Å². The molecule has 4 rings (SSSR count). The number of halogens is 1. The van der Waals surface area contributed by atoms with Crippen LogP contribution in [0.1, 0.15) is 13.8 Å². The van der Waals surface area contributed by atoms with Crippen molar-refractivity contribution in [3.8, 4) is 17.1 Å². The van der Waals surface area contributed by atoms with E-state index in [9.17, 15) is 9.18 Å². The average Bonchev–Trinajstić information content (AvgIpc) is 3.15. The van der Waals surface area contributed by atoms with Crippen LogP contribution < -0.4 is 9.64 Å². The van der Waals surface area contributed by atoms with Gasteiger partial charge >= 0.3 is 0 Å². The number of aromatic nitrogens is 4. The molecule has 31 heavy (non-hydrogen) atoms. The van der Waals surface area contributed by atoms with Crippen LogP contribution >= 0.6 is 0 Å². The molecule has 3 aromatic rings. The molecule has 1 amide bonds. The SMILES string of the molecule is COCCN1CCN(c2cc(-c3n[nH]c4cc(F)c(OC(C)C)cc34)ncn2)CC1=O. The number of carbonyl (C=O) groups is 1. The Bertz CT molecular complexity index is 1090. The van der Waals surface area contributed by atoms with Crippen LogP contribution in [0.5, 0.6) is 5.75 Å². The zero-order valence-corrected chi connectivity index (χ0v) is 17.8. The number of carbonyl (C=O) groups excluding carboxylic acids is 1. The fraction of sp³-hybridized carbons (Fsp3) is 0.429. The lowest BCUT2D eigenvalue weighted by molar-refractivity contribution is -0.131. The molecule has 0 spiro atoms. The second-order valence-corrected chi connectivity index (χ2v) is 7.62. The number of piperazine rings is 1. The third-order valence-corrected chi connectivity index (χ3v) is 5.08. The first kappa shape index (κ1) is 21.0. The summed E-state index contributed by atoms with van der Waals surface area (Å²) in [5, 5.41) is 7.87. The molecule has 1 saturated heterocycles.